The van der Waals surface area contributed by atoms with E-state index in [-0.39, 0.29) is 29.0 Å². The topological polar surface area (TPSA) is 114 Å². The lowest BCUT2D eigenvalue weighted by atomic mass is 9.92. The van der Waals surface area contributed by atoms with Gasteiger partial charge in [-0.1, -0.05) is 41.9 Å². The summed E-state index contributed by atoms with van der Waals surface area (Å²) in [5, 5.41) is 15.4. The molecule has 2 aromatic carbocycles. The summed E-state index contributed by atoms with van der Waals surface area (Å²) < 4.78 is 62.3. The van der Waals surface area contributed by atoms with Crippen LogP contribution in [0.5, 0.6) is 5.75 Å². The quantitative estimate of drug-likeness (QED) is 0.532. The number of aliphatic hydroxyl groups excluding tert-OH is 1. The largest absolute Gasteiger partial charge is 0.573 e. The third-order valence-electron chi connectivity index (χ3n) is 5.90. The van der Waals surface area contributed by atoms with Crippen molar-refractivity contribution in [2.24, 2.45) is 5.73 Å². The summed E-state index contributed by atoms with van der Waals surface area (Å²) in [7, 11) is 0. The Bertz CT molecular complexity index is 1230. The van der Waals surface area contributed by atoms with Crippen LogP contribution in [-0.2, 0) is 14.2 Å². The van der Waals surface area contributed by atoms with Gasteiger partial charge in [-0.25, -0.2) is 9.67 Å². The van der Waals surface area contributed by atoms with Crippen LogP contribution in [0.3, 0.4) is 0 Å². The fraction of sp³-hybridized carbons (Fsp3) is 0.391. The third kappa shape index (κ3) is 4.92. The van der Waals surface area contributed by atoms with E-state index in [1.165, 1.54) is 12.1 Å². The van der Waals surface area contributed by atoms with Crippen LogP contribution in [0, 0.1) is 6.92 Å². The number of aromatic nitrogens is 3. The number of alkyl halides is 3. The van der Waals surface area contributed by atoms with E-state index in [2.05, 4.69) is 14.8 Å². The van der Waals surface area contributed by atoms with Crippen molar-refractivity contribution in [1.29, 1.82) is 0 Å². The number of hydrogen-bond donors (Lipinski definition) is 2. The third-order valence-corrected chi connectivity index (χ3v) is 6.14. The van der Waals surface area contributed by atoms with Crippen molar-refractivity contribution in [3.63, 3.8) is 0 Å². The van der Waals surface area contributed by atoms with Gasteiger partial charge in [-0.2, -0.15) is 5.10 Å². The summed E-state index contributed by atoms with van der Waals surface area (Å²) in [6.45, 7) is 1.65. The first-order valence-corrected chi connectivity index (χ1v) is 11.4. The van der Waals surface area contributed by atoms with Gasteiger partial charge in [0.15, 0.2) is 17.9 Å². The molecule has 9 nitrogen and oxygen atoms in total. The summed E-state index contributed by atoms with van der Waals surface area (Å²) >= 11 is 6.06. The van der Waals surface area contributed by atoms with E-state index in [0.29, 0.717) is 0 Å². The molecule has 192 valence electrons. The second kappa shape index (κ2) is 9.61. The molecular weight excluding hydrogens is 505 g/mol. The first-order chi connectivity index (χ1) is 17.1. The van der Waals surface area contributed by atoms with E-state index >= 15 is 0 Å². The maximum atomic E-state index is 13.0. The van der Waals surface area contributed by atoms with E-state index < -0.39 is 48.9 Å². The van der Waals surface area contributed by atoms with Crippen molar-refractivity contribution in [2.75, 3.05) is 6.61 Å². The number of fused-ring (bicyclic) bond motifs is 1. The molecule has 1 aromatic heterocycles. The Hall–Kier alpha value is -2.74. The number of rotatable bonds is 4. The van der Waals surface area contributed by atoms with Gasteiger partial charge in [0, 0.05) is 10.6 Å². The van der Waals surface area contributed by atoms with Gasteiger partial charge < -0.3 is 29.8 Å². The molecule has 6 atom stereocenters. The van der Waals surface area contributed by atoms with E-state index in [1.807, 2.05) is 30.3 Å². The molecule has 0 aliphatic carbocycles. The molecule has 2 aliphatic heterocycles. The summed E-state index contributed by atoms with van der Waals surface area (Å²) in [6, 6.07) is 11.9. The molecule has 5 rings (SSSR count). The predicted octanol–water partition coefficient (Wildman–Crippen LogP) is 3.37. The highest BCUT2D eigenvalue weighted by atomic mass is 35.5. The standard InChI is InChI=1S/C23H22ClF3N4O5/c1-11-29-21(31(30-11)14-9-13(24)7-8-15(14)36-23(25,26)27)20-18(32)17(28)19-16(34-20)10-33-22(35-19)12-5-3-2-4-6-12/h2-9,16-20,22,32H,10,28H2,1H3/t16-,17-,18-,19+,20-,22?/m1/s1. The van der Waals surface area contributed by atoms with E-state index in [0.717, 1.165) is 16.3 Å². The van der Waals surface area contributed by atoms with Crippen molar-refractivity contribution in [3.05, 3.63) is 70.8 Å². The number of nitrogens with two attached hydrogens (primary N) is 1. The van der Waals surface area contributed by atoms with Gasteiger partial charge >= 0.3 is 6.36 Å². The van der Waals surface area contributed by atoms with Gasteiger partial charge in [0.1, 0.15) is 35.9 Å². The summed E-state index contributed by atoms with van der Waals surface area (Å²) in [4.78, 5) is 4.31. The van der Waals surface area contributed by atoms with Gasteiger partial charge in [-0.3, -0.25) is 0 Å². The molecule has 0 saturated carbocycles. The number of halogens is 4. The Balaban J connectivity index is 1.46. The Labute approximate surface area is 208 Å². The molecule has 2 aliphatic rings. The van der Waals surface area contributed by atoms with Crippen LogP contribution in [0.1, 0.15) is 29.6 Å². The van der Waals surface area contributed by atoms with Gasteiger partial charge in [-0.15, -0.1) is 13.2 Å². The summed E-state index contributed by atoms with van der Waals surface area (Å²) in [5.41, 5.74) is 7.02. The van der Waals surface area contributed by atoms with Crippen molar-refractivity contribution in [2.45, 2.75) is 50.0 Å². The van der Waals surface area contributed by atoms with Gasteiger partial charge in [0.2, 0.25) is 0 Å². The zero-order valence-electron chi connectivity index (χ0n) is 18.8. The number of aryl methyl sites for hydroxylation is 1. The van der Waals surface area contributed by atoms with Gasteiger partial charge in [0.05, 0.1) is 12.6 Å². The van der Waals surface area contributed by atoms with Crippen LogP contribution in [0.15, 0.2) is 48.5 Å². The average Bonchev–Trinajstić information content (AvgIpc) is 3.23. The molecule has 3 N–H and O–H groups in total. The van der Waals surface area contributed by atoms with E-state index in [4.69, 9.17) is 31.5 Å². The lowest BCUT2D eigenvalue weighted by Crippen LogP contribution is -2.62. The van der Waals surface area contributed by atoms with Crippen molar-refractivity contribution in [3.8, 4) is 11.4 Å². The van der Waals surface area contributed by atoms with Crippen LogP contribution in [0.4, 0.5) is 13.2 Å². The lowest BCUT2D eigenvalue weighted by molar-refractivity contribution is -0.309. The summed E-state index contributed by atoms with van der Waals surface area (Å²) in [5.74, 6) is -0.316. The Morgan fingerprint density at radius 3 is 2.64 bits per heavy atom. The molecule has 1 unspecified atom stereocenters. The first-order valence-electron chi connectivity index (χ1n) is 11.0. The first kappa shape index (κ1) is 24.9. The van der Waals surface area contributed by atoms with Crippen LogP contribution >= 0.6 is 11.6 Å². The fourth-order valence-electron chi connectivity index (χ4n) is 4.33. The molecule has 2 fully saturated rings. The number of aliphatic hydroxyl groups is 1. The fourth-order valence-corrected chi connectivity index (χ4v) is 4.49. The van der Waals surface area contributed by atoms with Crippen LogP contribution in [0.25, 0.3) is 5.69 Å². The number of benzene rings is 2. The minimum Gasteiger partial charge on any atom is -0.403 e. The second-order valence-electron chi connectivity index (χ2n) is 8.43. The average molecular weight is 527 g/mol. The SMILES string of the molecule is Cc1nc([C@@H]2O[C@@H]3COC(c4ccccc4)O[C@@H]3[C@H](N)[C@H]2O)n(-c2cc(Cl)ccc2OC(F)(F)F)n1. The molecular formula is C23H22ClF3N4O5. The highest BCUT2D eigenvalue weighted by Gasteiger charge is 2.50. The summed E-state index contributed by atoms with van der Waals surface area (Å²) in [6.07, 6.45) is -9.51. The smallest absolute Gasteiger partial charge is 0.403 e. The molecule has 0 amide bonds. The molecule has 0 radical (unpaired) electrons. The Kier molecular flexibility index (Phi) is 6.66. The van der Waals surface area contributed by atoms with Crippen molar-refractivity contribution >= 4 is 11.6 Å². The minimum atomic E-state index is -4.96. The molecule has 0 bridgehead atoms. The Morgan fingerprint density at radius 1 is 1.17 bits per heavy atom. The minimum absolute atomic E-state index is 0.0216. The van der Waals surface area contributed by atoms with Crippen LogP contribution < -0.4 is 10.5 Å². The number of nitrogens with zero attached hydrogens (tertiary/aromatic N) is 3. The molecule has 3 heterocycles. The molecule has 2 saturated heterocycles. The normalized spacial score (nSPS) is 28.5. The highest BCUT2D eigenvalue weighted by Crippen LogP contribution is 2.40. The number of ether oxygens (including phenoxy) is 4. The second-order valence-corrected chi connectivity index (χ2v) is 8.87. The van der Waals surface area contributed by atoms with Gasteiger partial charge in [-0.05, 0) is 25.1 Å². The molecule has 0 spiro atoms. The van der Waals surface area contributed by atoms with Crippen molar-refractivity contribution < 1.29 is 37.2 Å². The Morgan fingerprint density at radius 2 is 1.92 bits per heavy atom. The van der Waals surface area contributed by atoms with Gasteiger partial charge in [0.25, 0.3) is 0 Å². The number of hydrogen-bond acceptors (Lipinski definition) is 8. The molecule has 36 heavy (non-hydrogen) atoms. The van der Waals surface area contributed by atoms with Crippen LogP contribution in [0.2, 0.25) is 5.02 Å². The molecule has 13 heteroatoms. The van der Waals surface area contributed by atoms with Crippen LogP contribution in [-0.4, -0.2) is 57.2 Å². The zero-order chi connectivity index (χ0) is 25.6. The maximum absolute atomic E-state index is 13.0. The zero-order valence-corrected chi connectivity index (χ0v) is 19.6. The maximum Gasteiger partial charge on any atom is 0.573 e. The van der Waals surface area contributed by atoms with E-state index in [9.17, 15) is 18.3 Å². The van der Waals surface area contributed by atoms with Crippen molar-refractivity contribution in [1.82, 2.24) is 14.8 Å². The monoisotopic (exact) mass is 526 g/mol. The van der Waals surface area contributed by atoms with E-state index in [1.54, 1.807) is 6.92 Å². The molecule has 3 aromatic rings. The highest BCUT2D eigenvalue weighted by molar-refractivity contribution is 6.30. The lowest BCUT2D eigenvalue weighted by Gasteiger charge is -2.46. The predicted molar refractivity (Wildman–Crippen MR) is 119 cm³/mol.